The zero-order valence-corrected chi connectivity index (χ0v) is 12.5. The van der Waals surface area contributed by atoms with Gasteiger partial charge in [0.25, 0.3) is 0 Å². The second kappa shape index (κ2) is 7.20. The van der Waals surface area contributed by atoms with Gasteiger partial charge in [-0.15, -0.1) is 0 Å². The highest BCUT2D eigenvalue weighted by Gasteiger charge is 2.32. The number of hydrogen-bond donors (Lipinski definition) is 0. The summed E-state index contributed by atoms with van der Waals surface area (Å²) in [6, 6.07) is 3.95. The zero-order chi connectivity index (χ0) is 16.1. The third-order valence-corrected chi connectivity index (χ3v) is 4.48. The summed E-state index contributed by atoms with van der Waals surface area (Å²) in [4.78, 5) is 12.0. The van der Waals surface area contributed by atoms with Crippen molar-refractivity contribution in [3.63, 3.8) is 0 Å². The molecule has 0 aliphatic heterocycles. The summed E-state index contributed by atoms with van der Waals surface area (Å²) in [7, 11) is -3.63. The largest absolute Gasteiger partial charge is 0.416 e. The van der Waals surface area contributed by atoms with Crippen molar-refractivity contribution in [3.8, 4) is 0 Å². The smallest absolute Gasteiger partial charge is 0.309 e. The van der Waals surface area contributed by atoms with E-state index >= 15 is 0 Å². The van der Waals surface area contributed by atoms with E-state index in [-0.39, 0.29) is 18.8 Å². The van der Waals surface area contributed by atoms with E-state index in [1.165, 1.54) is 6.07 Å². The number of alkyl halides is 3. The fourth-order valence-corrected chi connectivity index (χ4v) is 3.24. The molecule has 1 aromatic carbocycles. The molecule has 1 rings (SSSR count). The van der Waals surface area contributed by atoms with Crippen molar-refractivity contribution in [1.29, 1.82) is 0 Å². The van der Waals surface area contributed by atoms with Crippen molar-refractivity contribution in [2.75, 3.05) is 19.4 Å². The molecule has 0 aliphatic carbocycles. The quantitative estimate of drug-likeness (QED) is 0.558. The van der Waals surface area contributed by atoms with Gasteiger partial charge in [-0.3, -0.25) is 9.36 Å². The summed E-state index contributed by atoms with van der Waals surface area (Å²) >= 11 is 0. The number of hydrogen-bond acceptors (Lipinski definition) is 4. The van der Waals surface area contributed by atoms with Crippen molar-refractivity contribution >= 4 is 13.4 Å². The van der Waals surface area contributed by atoms with E-state index in [0.717, 1.165) is 18.2 Å². The van der Waals surface area contributed by atoms with Crippen LogP contribution < -0.4 is 0 Å². The van der Waals surface area contributed by atoms with Gasteiger partial charge in [0.1, 0.15) is 6.16 Å². The summed E-state index contributed by atoms with van der Waals surface area (Å²) in [5.74, 6) is -0.716. The fraction of sp³-hybridized carbons (Fsp3) is 0.462. The predicted molar refractivity (Wildman–Crippen MR) is 71.5 cm³/mol. The van der Waals surface area contributed by atoms with E-state index in [1.54, 1.807) is 13.8 Å². The summed E-state index contributed by atoms with van der Waals surface area (Å²) in [6.07, 6.45) is -5.13. The first-order valence-electron chi connectivity index (χ1n) is 6.30. The Bertz CT molecular complexity index is 532. The minimum Gasteiger partial charge on any atom is -0.309 e. The number of carbonyl (C=O) groups is 1. The third-order valence-electron chi connectivity index (χ3n) is 2.50. The standard InChI is InChI=1S/C13H16F3O4P/c1-3-19-21(18,20-4-2)9-12(17)10-6-5-7-11(8-10)13(14,15)16/h5-8H,3-4,9H2,1-2H3. The first-order chi connectivity index (χ1) is 9.72. The summed E-state index contributed by atoms with van der Waals surface area (Å²) in [5, 5.41) is 0. The topological polar surface area (TPSA) is 52.6 Å². The van der Waals surface area contributed by atoms with Crippen LogP contribution in [0.25, 0.3) is 0 Å². The molecule has 0 fully saturated rings. The number of ketones is 1. The Morgan fingerprint density at radius 2 is 1.76 bits per heavy atom. The minimum atomic E-state index is -4.54. The molecule has 118 valence electrons. The first-order valence-corrected chi connectivity index (χ1v) is 8.03. The Morgan fingerprint density at radius 1 is 1.19 bits per heavy atom. The van der Waals surface area contributed by atoms with Crippen LogP contribution >= 0.6 is 7.60 Å². The van der Waals surface area contributed by atoms with Crippen LogP contribution in [0.2, 0.25) is 0 Å². The van der Waals surface area contributed by atoms with Gasteiger partial charge >= 0.3 is 13.8 Å². The van der Waals surface area contributed by atoms with Crippen LogP contribution in [-0.2, 0) is 19.8 Å². The average Bonchev–Trinajstić information content (AvgIpc) is 2.38. The van der Waals surface area contributed by atoms with Crippen molar-refractivity contribution < 1.29 is 31.6 Å². The van der Waals surface area contributed by atoms with Crippen molar-refractivity contribution in [1.82, 2.24) is 0 Å². The van der Waals surface area contributed by atoms with Crippen LogP contribution in [0.5, 0.6) is 0 Å². The van der Waals surface area contributed by atoms with E-state index in [4.69, 9.17) is 9.05 Å². The fourth-order valence-electron chi connectivity index (χ4n) is 1.66. The van der Waals surface area contributed by atoms with Gasteiger partial charge in [-0.25, -0.2) is 0 Å². The molecule has 1 aromatic rings. The second-order valence-electron chi connectivity index (χ2n) is 4.11. The number of carbonyl (C=O) groups excluding carboxylic acids is 1. The number of halogens is 3. The van der Waals surface area contributed by atoms with Gasteiger partial charge in [-0.2, -0.15) is 13.2 Å². The van der Waals surface area contributed by atoms with E-state index < -0.39 is 31.3 Å². The maximum absolute atomic E-state index is 12.6. The highest BCUT2D eigenvalue weighted by atomic mass is 31.2. The Labute approximate surface area is 120 Å². The lowest BCUT2D eigenvalue weighted by atomic mass is 10.1. The third kappa shape index (κ3) is 5.26. The molecule has 0 aliphatic rings. The van der Waals surface area contributed by atoms with E-state index in [2.05, 4.69) is 0 Å². The summed E-state index contributed by atoms with van der Waals surface area (Å²) < 4.78 is 59.9. The van der Waals surface area contributed by atoms with Crippen LogP contribution in [0.1, 0.15) is 29.8 Å². The number of benzene rings is 1. The molecule has 0 bridgehead atoms. The van der Waals surface area contributed by atoms with Crippen molar-refractivity contribution in [2.45, 2.75) is 20.0 Å². The number of rotatable bonds is 7. The molecule has 0 radical (unpaired) electrons. The minimum absolute atomic E-state index is 0.0765. The average molecular weight is 324 g/mol. The molecule has 0 N–H and O–H groups in total. The maximum Gasteiger partial charge on any atom is 0.416 e. The van der Waals surface area contributed by atoms with Crippen LogP contribution in [0, 0.1) is 0 Å². The van der Waals surface area contributed by atoms with Gasteiger partial charge in [-0.05, 0) is 26.0 Å². The molecule has 21 heavy (non-hydrogen) atoms. The van der Waals surface area contributed by atoms with Gasteiger partial charge in [-0.1, -0.05) is 12.1 Å². The summed E-state index contributed by atoms with van der Waals surface area (Å²) in [6.45, 7) is 3.32. The Kier molecular flexibility index (Phi) is 6.13. The SMILES string of the molecule is CCOP(=O)(CC(=O)c1cccc(C(F)(F)F)c1)OCC. The lowest BCUT2D eigenvalue weighted by molar-refractivity contribution is -0.137. The molecular weight excluding hydrogens is 308 g/mol. The lowest BCUT2D eigenvalue weighted by Crippen LogP contribution is -2.12. The summed E-state index contributed by atoms with van der Waals surface area (Å²) in [5.41, 5.74) is -1.11. The van der Waals surface area contributed by atoms with Crippen molar-refractivity contribution in [3.05, 3.63) is 35.4 Å². The molecule has 8 heteroatoms. The van der Waals surface area contributed by atoms with Crippen LogP contribution in [0.15, 0.2) is 24.3 Å². The highest BCUT2D eigenvalue weighted by Crippen LogP contribution is 2.48. The van der Waals surface area contributed by atoms with Gasteiger partial charge < -0.3 is 9.05 Å². The second-order valence-corrected chi connectivity index (χ2v) is 6.16. The van der Waals surface area contributed by atoms with E-state index in [1.807, 2.05) is 0 Å². The molecule has 0 saturated heterocycles. The van der Waals surface area contributed by atoms with Crippen LogP contribution in [0.3, 0.4) is 0 Å². The van der Waals surface area contributed by atoms with Gasteiger partial charge in [0.2, 0.25) is 0 Å². The zero-order valence-electron chi connectivity index (χ0n) is 11.6. The first kappa shape index (κ1) is 17.9. The monoisotopic (exact) mass is 324 g/mol. The molecule has 0 saturated carbocycles. The molecular formula is C13H16F3O4P. The maximum atomic E-state index is 12.6. The molecule has 0 aromatic heterocycles. The van der Waals surface area contributed by atoms with Crippen LogP contribution in [0.4, 0.5) is 13.2 Å². The van der Waals surface area contributed by atoms with Crippen molar-refractivity contribution in [2.24, 2.45) is 0 Å². The number of Topliss-reactive ketones (excluding diaryl/α,β-unsaturated/α-hetero) is 1. The molecule has 0 amide bonds. The highest BCUT2D eigenvalue weighted by molar-refractivity contribution is 7.54. The normalized spacial score (nSPS) is 12.4. The predicted octanol–water partition coefficient (Wildman–Crippen LogP) is 4.15. The Balaban J connectivity index is 2.96. The van der Waals surface area contributed by atoms with Crippen LogP contribution in [-0.4, -0.2) is 25.2 Å². The van der Waals surface area contributed by atoms with Gasteiger partial charge in [0.15, 0.2) is 5.78 Å². The van der Waals surface area contributed by atoms with E-state index in [9.17, 15) is 22.5 Å². The molecule has 0 unspecified atom stereocenters. The molecule has 0 spiro atoms. The van der Waals surface area contributed by atoms with Gasteiger partial charge in [0.05, 0.1) is 18.8 Å². The Hall–Kier alpha value is -1.17. The van der Waals surface area contributed by atoms with Gasteiger partial charge in [0, 0.05) is 5.56 Å². The van der Waals surface area contributed by atoms with E-state index in [0.29, 0.717) is 0 Å². The molecule has 0 heterocycles. The molecule has 0 atom stereocenters. The Morgan fingerprint density at radius 3 is 2.24 bits per heavy atom. The molecule has 4 nitrogen and oxygen atoms in total. The lowest BCUT2D eigenvalue weighted by Gasteiger charge is -2.16.